The van der Waals surface area contributed by atoms with Crippen molar-refractivity contribution < 1.29 is 31.4 Å². The number of ether oxygens (including phenoxy) is 2. The highest BCUT2D eigenvalue weighted by Crippen LogP contribution is 2.46. The number of alkyl halides is 3. The van der Waals surface area contributed by atoms with E-state index in [1.165, 1.54) is 39.2 Å². The molecule has 10 nitrogen and oxygen atoms in total. The first-order chi connectivity index (χ1) is 21.3. The number of nitrogens with zero attached hydrogens (tertiary/aromatic N) is 6. The van der Waals surface area contributed by atoms with Gasteiger partial charge in [-0.1, -0.05) is 6.07 Å². The molecule has 2 aliphatic heterocycles. The summed E-state index contributed by atoms with van der Waals surface area (Å²) in [5.41, 5.74) is 7.66. The van der Waals surface area contributed by atoms with Gasteiger partial charge in [-0.05, 0) is 64.5 Å². The molecule has 1 unspecified atom stereocenters. The molecule has 240 valence electrons. The monoisotopic (exact) mass is 632 g/mol. The third kappa shape index (κ3) is 6.08. The van der Waals surface area contributed by atoms with Crippen molar-refractivity contribution in [3.8, 4) is 23.1 Å². The maximum atomic E-state index is 16.2. The van der Waals surface area contributed by atoms with E-state index in [0.717, 1.165) is 6.92 Å². The molecule has 0 radical (unpaired) electrons. The molecule has 0 bridgehead atoms. The largest absolute Gasteiger partial charge is 0.475 e. The Morgan fingerprint density at radius 1 is 1.04 bits per heavy atom. The Bertz CT molecular complexity index is 1730. The fraction of sp³-hybridized carbons (Fsp3) is 0.400. The highest BCUT2D eigenvalue weighted by atomic mass is 19.4. The van der Waals surface area contributed by atoms with E-state index in [1.807, 2.05) is 6.92 Å². The van der Waals surface area contributed by atoms with E-state index in [2.05, 4.69) is 31.9 Å². The van der Waals surface area contributed by atoms with Gasteiger partial charge in [-0.15, -0.1) is 0 Å². The van der Waals surface area contributed by atoms with Crippen LogP contribution in [0.5, 0.6) is 11.9 Å². The van der Waals surface area contributed by atoms with Crippen molar-refractivity contribution in [1.29, 1.82) is 0 Å². The Morgan fingerprint density at radius 3 is 2.36 bits per heavy atom. The summed E-state index contributed by atoms with van der Waals surface area (Å²) >= 11 is 0. The molecule has 2 aliphatic rings. The number of hydrogen-bond acceptors (Lipinski definition) is 10. The first kappa shape index (κ1) is 31.9. The maximum absolute atomic E-state index is 16.2. The van der Waals surface area contributed by atoms with Crippen LogP contribution in [0.2, 0.25) is 0 Å². The molecule has 0 aliphatic carbocycles. The fourth-order valence-corrected chi connectivity index (χ4v) is 5.61. The van der Waals surface area contributed by atoms with Gasteiger partial charge in [-0.3, -0.25) is 0 Å². The minimum atomic E-state index is -5.05. The molecule has 4 aromatic rings. The average Bonchev–Trinajstić information content (AvgIpc) is 3.41. The van der Waals surface area contributed by atoms with Crippen LogP contribution < -0.4 is 25.8 Å². The molecule has 0 saturated carbocycles. The van der Waals surface area contributed by atoms with Crippen LogP contribution in [0, 0.1) is 18.6 Å². The highest BCUT2D eigenvalue weighted by molar-refractivity contribution is 5.97. The molecular formula is C30H33F5N8O2. The third-order valence-corrected chi connectivity index (χ3v) is 7.92. The lowest BCUT2D eigenvalue weighted by Gasteiger charge is -2.30. The van der Waals surface area contributed by atoms with Crippen molar-refractivity contribution in [2.24, 2.45) is 0 Å². The first-order valence-electron chi connectivity index (χ1n) is 14.2. The van der Waals surface area contributed by atoms with Gasteiger partial charge in [0.1, 0.15) is 40.7 Å². The van der Waals surface area contributed by atoms with Crippen LogP contribution >= 0.6 is 0 Å². The van der Waals surface area contributed by atoms with Crippen LogP contribution in [0.1, 0.15) is 42.5 Å². The van der Waals surface area contributed by atoms with Crippen LogP contribution in [0.25, 0.3) is 22.2 Å². The standard InChI is InChI=1S/C25H22F5N7O2.C5H11N/c1-10-16(25(28,29)30)13(9-14(31)17(10)26)19-18(27)20-15-22(36-24(35-20)38-3)37(7-8-39-23(15)34-19)11(2)12-5-4-6-33-21(12)32;1-6-4-2-3-5-6/h4-6,9,11H,7-8,31H2,1-3H3,(H2,32,33);2-5H2,1H3. The molecule has 1 atom stereocenters. The number of hydrogen-bond donors (Lipinski definition) is 2. The molecule has 4 N–H and O–H groups in total. The fourth-order valence-electron chi connectivity index (χ4n) is 5.61. The summed E-state index contributed by atoms with van der Waals surface area (Å²) in [6.45, 7) is 5.60. The number of anilines is 3. The van der Waals surface area contributed by atoms with E-state index in [4.69, 9.17) is 20.9 Å². The number of methoxy groups -OCH3 is 1. The molecule has 45 heavy (non-hydrogen) atoms. The predicted molar refractivity (Wildman–Crippen MR) is 160 cm³/mol. The number of rotatable bonds is 4. The molecular weight excluding hydrogens is 599 g/mol. The van der Waals surface area contributed by atoms with Crippen molar-refractivity contribution >= 4 is 28.2 Å². The molecule has 5 heterocycles. The lowest BCUT2D eigenvalue weighted by atomic mass is 9.96. The summed E-state index contributed by atoms with van der Waals surface area (Å²) in [5.74, 6) is -2.24. The summed E-state index contributed by atoms with van der Waals surface area (Å²) in [4.78, 5) is 20.9. The third-order valence-electron chi connectivity index (χ3n) is 7.92. The second-order valence-electron chi connectivity index (χ2n) is 10.9. The number of aromatic nitrogens is 4. The van der Waals surface area contributed by atoms with Gasteiger partial charge in [0.25, 0.3) is 0 Å². The summed E-state index contributed by atoms with van der Waals surface area (Å²) < 4.78 is 83.8. The van der Waals surface area contributed by atoms with Gasteiger partial charge in [0.2, 0.25) is 5.88 Å². The average molecular weight is 633 g/mol. The number of likely N-dealkylation sites (tertiary alicyclic amines) is 1. The molecule has 1 aromatic carbocycles. The van der Waals surface area contributed by atoms with Crippen LogP contribution in [-0.4, -0.2) is 65.2 Å². The zero-order valence-electron chi connectivity index (χ0n) is 25.2. The minimum Gasteiger partial charge on any atom is -0.475 e. The summed E-state index contributed by atoms with van der Waals surface area (Å²) in [5, 5.41) is 0.0178. The number of pyridine rings is 2. The van der Waals surface area contributed by atoms with Crippen molar-refractivity contribution in [3.63, 3.8) is 0 Å². The van der Waals surface area contributed by atoms with Gasteiger partial charge in [-0.2, -0.15) is 23.1 Å². The van der Waals surface area contributed by atoms with Gasteiger partial charge >= 0.3 is 12.2 Å². The van der Waals surface area contributed by atoms with Gasteiger partial charge in [0, 0.05) is 17.3 Å². The van der Waals surface area contributed by atoms with E-state index in [0.29, 0.717) is 11.6 Å². The molecule has 0 spiro atoms. The van der Waals surface area contributed by atoms with Crippen molar-refractivity contribution in [3.05, 3.63) is 52.7 Å². The highest BCUT2D eigenvalue weighted by Gasteiger charge is 2.39. The normalized spacial score (nSPS) is 15.7. The Morgan fingerprint density at radius 2 is 1.76 bits per heavy atom. The van der Waals surface area contributed by atoms with Gasteiger partial charge in [0.15, 0.2) is 5.82 Å². The topological polar surface area (TPSA) is 129 Å². The molecule has 15 heteroatoms. The molecule has 3 aromatic heterocycles. The van der Waals surface area contributed by atoms with Crippen molar-refractivity contribution in [2.75, 3.05) is 56.8 Å². The minimum absolute atomic E-state index is 0.00701. The van der Waals surface area contributed by atoms with Crippen molar-refractivity contribution in [1.82, 2.24) is 24.8 Å². The van der Waals surface area contributed by atoms with E-state index in [1.54, 1.807) is 17.0 Å². The number of nitrogen functional groups attached to an aromatic ring is 2. The first-order valence-corrected chi connectivity index (χ1v) is 14.2. The molecule has 0 amide bonds. The second kappa shape index (κ2) is 12.5. The Kier molecular flexibility index (Phi) is 8.83. The van der Waals surface area contributed by atoms with Crippen LogP contribution in [0.4, 0.5) is 39.3 Å². The number of halogens is 5. The van der Waals surface area contributed by atoms with E-state index in [-0.39, 0.29) is 42.1 Å². The zero-order valence-corrected chi connectivity index (χ0v) is 25.2. The summed E-state index contributed by atoms with van der Waals surface area (Å²) in [7, 11) is 3.44. The van der Waals surface area contributed by atoms with E-state index >= 15 is 4.39 Å². The smallest absolute Gasteiger partial charge is 0.417 e. The van der Waals surface area contributed by atoms with Crippen LogP contribution in [0.15, 0.2) is 24.4 Å². The second-order valence-corrected chi connectivity index (χ2v) is 10.9. The number of benzene rings is 1. The Hall–Kier alpha value is -4.53. The van der Waals surface area contributed by atoms with E-state index < -0.39 is 57.4 Å². The predicted octanol–water partition coefficient (Wildman–Crippen LogP) is 5.54. The van der Waals surface area contributed by atoms with Crippen LogP contribution in [0.3, 0.4) is 0 Å². The van der Waals surface area contributed by atoms with Crippen molar-refractivity contribution in [2.45, 2.75) is 38.9 Å². The summed E-state index contributed by atoms with van der Waals surface area (Å²) in [6, 6.07) is 3.50. The quantitative estimate of drug-likeness (QED) is 0.219. The zero-order chi connectivity index (χ0) is 32.6. The van der Waals surface area contributed by atoms with E-state index in [9.17, 15) is 17.6 Å². The lowest BCUT2D eigenvalue weighted by Crippen LogP contribution is -2.31. The molecule has 1 fully saturated rings. The van der Waals surface area contributed by atoms with Gasteiger partial charge in [0.05, 0.1) is 30.9 Å². The summed E-state index contributed by atoms with van der Waals surface area (Å²) in [6.07, 6.45) is -0.679. The molecule has 6 rings (SSSR count). The Balaban J connectivity index is 0.000000598. The van der Waals surface area contributed by atoms with Gasteiger partial charge < -0.3 is 30.7 Å². The van der Waals surface area contributed by atoms with Crippen LogP contribution in [-0.2, 0) is 6.18 Å². The van der Waals surface area contributed by atoms with Gasteiger partial charge in [-0.25, -0.2) is 18.7 Å². The lowest BCUT2D eigenvalue weighted by molar-refractivity contribution is -0.137. The Labute approximate surface area is 256 Å². The number of nitrogens with two attached hydrogens (primary N) is 2. The SMILES string of the molecule is CN1CCCC1.COc1nc2c3c(nc(-c4cc(N)c(F)c(C)c4C(F)(F)F)c(F)c3n1)OCCN2C(C)c1cccnc1N. The maximum Gasteiger partial charge on any atom is 0.417 e. The molecule has 1 saturated heterocycles.